The summed E-state index contributed by atoms with van der Waals surface area (Å²) in [4.78, 5) is 3.95. The molecular formula is C7H5NS. The maximum atomic E-state index is 3.95. The van der Waals surface area contributed by atoms with Crippen LogP contribution < -0.4 is 0 Å². The fraction of sp³-hybridized carbons (Fsp3) is 0. The van der Waals surface area contributed by atoms with Crippen LogP contribution in [0, 0.1) is 11.2 Å². The fourth-order valence-electron chi connectivity index (χ4n) is 0.494. The highest BCUT2D eigenvalue weighted by Crippen LogP contribution is 1.88. The summed E-state index contributed by atoms with van der Waals surface area (Å²) in [7, 11) is 0. The van der Waals surface area contributed by atoms with Crippen molar-refractivity contribution < 1.29 is 0 Å². The first-order valence-electron chi connectivity index (χ1n) is 2.49. The molecule has 9 heavy (non-hydrogen) atoms. The van der Waals surface area contributed by atoms with Crippen molar-refractivity contribution in [2.45, 2.75) is 0 Å². The first kappa shape index (κ1) is 6.18. The second-order valence-electron chi connectivity index (χ2n) is 1.45. The van der Waals surface area contributed by atoms with Gasteiger partial charge in [0.05, 0.1) is 0 Å². The number of aromatic nitrogens is 1. The maximum Gasteiger partial charge on any atom is 0.114 e. The number of hydrogen-bond acceptors (Lipinski definition) is 2. The number of nitrogens with zero attached hydrogens (tertiary/aromatic N) is 1. The van der Waals surface area contributed by atoms with E-state index >= 15 is 0 Å². The Labute approximate surface area is 59.5 Å². The molecule has 0 aromatic carbocycles. The SMILES string of the molecule is SC#Cc1ccccn1. The molecule has 1 heterocycles. The van der Waals surface area contributed by atoms with Crippen molar-refractivity contribution in [3.8, 4) is 11.2 Å². The van der Waals surface area contributed by atoms with E-state index in [1.54, 1.807) is 6.20 Å². The van der Waals surface area contributed by atoms with Crippen LogP contribution in [-0.2, 0) is 0 Å². The van der Waals surface area contributed by atoms with E-state index in [4.69, 9.17) is 0 Å². The van der Waals surface area contributed by atoms with E-state index in [0.29, 0.717) is 0 Å². The molecule has 0 amide bonds. The highest BCUT2D eigenvalue weighted by atomic mass is 32.1. The topological polar surface area (TPSA) is 12.9 Å². The minimum Gasteiger partial charge on any atom is -0.248 e. The van der Waals surface area contributed by atoms with Gasteiger partial charge in [0.1, 0.15) is 5.69 Å². The lowest BCUT2D eigenvalue weighted by atomic mass is 10.4. The monoisotopic (exact) mass is 135 g/mol. The zero-order chi connectivity index (χ0) is 6.53. The predicted octanol–water partition coefficient (Wildman–Crippen LogP) is 1.32. The smallest absolute Gasteiger partial charge is 0.114 e. The lowest BCUT2D eigenvalue weighted by Gasteiger charge is -1.82. The average molecular weight is 135 g/mol. The minimum atomic E-state index is 0.757. The molecule has 0 atom stereocenters. The first-order chi connectivity index (χ1) is 4.43. The third kappa shape index (κ3) is 1.79. The number of thiol groups is 1. The van der Waals surface area contributed by atoms with Crippen molar-refractivity contribution in [1.29, 1.82) is 0 Å². The second kappa shape index (κ2) is 3.16. The Morgan fingerprint density at radius 3 is 2.89 bits per heavy atom. The van der Waals surface area contributed by atoms with Gasteiger partial charge in [-0.3, -0.25) is 0 Å². The van der Waals surface area contributed by atoms with Gasteiger partial charge in [-0.25, -0.2) is 4.98 Å². The molecule has 0 unspecified atom stereocenters. The van der Waals surface area contributed by atoms with Crippen molar-refractivity contribution in [1.82, 2.24) is 4.98 Å². The predicted molar refractivity (Wildman–Crippen MR) is 40.1 cm³/mol. The first-order valence-corrected chi connectivity index (χ1v) is 2.94. The molecule has 44 valence electrons. The number of rotatable bonds is 0. The molecule has 0 radical (unpaired) electrons. The van der Waals surface area contributed by atoms with Crippen LogP contribution in [-0.4, -0.2) is 4.98 Å². The van der Waals surface area contributed by atoms with E-state index in [9.17, 15) is 0 Å². The standard InChI is InChI=1S/C7H5NS/c9-6-4-7-3-1-2-5-8-7/h1-3,5,9H. The Hall–Kier alpha value is -0.940. The second-order valence-corrected chi connectivity index (χ2v) is 1.68. The van der Waals surface area contributed by atoms with Gasteiger partial charge in [-0.1, -0.05) is 18.7 Å². The normalized spacial score (nSPS) is 7.67. The summed E-state index contributed by atoms with van der Waals surface area (Å²) in [5, 5.41) is 2.47. The Bertz CT molecular complexity index is 232. The summed E-state index contributed by atoms with van der Waals surface area (Å²) in [6.45, 7) is 0. The van der Waals surface area contributed by atoms with Crippen molar-refractivity contribution >= 4 is 12.6 Å². The van der Waals surface area contributed by atoms with Crippen molar-refractivity contribution in [2.24, 2.45) is 0 Å². The van der Waals surface area contributed by atoms with Crippen molar-refractivity contribution in [2.75, 3.05) is 0 Å². The van der Waals surface area contributed by atoms with Crippen LogP contribution >= 0.6 is 12.6 Å². The third-order valence-electron chi connectivity index (χ3n) is 0.849. The average Bonchev–Trinajstić information content (AvgIpc) is 1.91. The van der Waals surface area contributed by atoms with E-state index in [2.05, 4.69) is 28.8 Å². The zero-order valence-electron chi connectivity index (χ0n) is 4.70. The Kier molecular flexibility index (Phi) is 2.17. The van der Waals surface area contributed by atoms with Crippen molar-refractivity contribution in [3.05, 3.63) is 30.1 Å². The summed E-state index contributed by atoms with van der Waals surface area (Å²) in [6.07, 6.45) is 1.70. The van der Waals surface area contributed by atoms with Crippen LogP contribution in [0.2, 0.25) is 0 Å². The summed E-state index contributed by atoms with van der Waals surface area (Å²) >= 11 is 3.73. The Morgan fingerprint density at radius 2 is 2.33 bits per heavy atom. The van der Waals surface area contributed by atoms with E-state index in [-0.39, 0.29) is 0 Å². The fourth-order valence-corrected chi connectivity index (χ4v) is 0.609. The lowest BCUT2D eigenvalue weighted by molar-refractivity contribution is 1.29. The van der Waals surface area contributed by atoms with Crippen molar-refractivity contribution in [3.63, 3.8) is 0 Å². The van der Waals surface area contributed by atoms with Crippen LogP contribution in [0.4, 0.5) is 0 Å². The van der Waals surface area contributed by atoms with Gasteiger partial charge in [0.25, 0.3) is 0 Å². The van der Waals surface area contributed by atoms with Gasteiger partial charge in [0.15, 0.2) is 0 Å². The van der Waals surface area contributed by atoms with Crippen LogP contribution in [0.1, 0.15) is 5.69 Å². The molecule has 0 bridgehead atoms. The highest BCUT2D eigenvalue weighted by Gasteiger charge is 1.79. The van der Waals surface area contributed by atoms with E-state index < -0.39 is 0 Å². The minimum absolute atomic E-state index is 0.757. The zero-order valence-corrected chi connectivity index (χ0v) is 5.60. The Balaban J connectivity index is 2.94. The van der Waals surface area contributed by atoms with Gasteiger partial charge >= 0.3 is 0 Å². The molecule has 1 nitrogen and oxygen atoms in total. The summed E-state index contributed by atoms with van der Waals surface area (Å²) in [5.74, 6) is 2.71. The summed E-state index contributed by atoms with van der Waals surface area (Å²) in [6, 6.07) is 5.58. The molecule has 0 saturated heterocycles. The summed E-state index contributed by atoms with van der Waals surface area (Å²) in [5.41, 5.74) is 0.757. The lowest BCUT2D eigenvalue weighted by Crippen LogP contribution is -1.76. The molecule has 1 aromatic heterocycles. The molecule has 2 heteroatoms. The molecule has 0 saturated carbocycles. The van der Waals surface area contributed by atoms with Crippen LogP contribution in [0.5, 0.6) is 0 Å². The molecule has 1 aromatic rings. The molecule has 1 rings (SSSR count). The van der Waals surface area contributed by atoms with Gasteiger partial charge in [-0.2, -0.15) is 0 Å². The van der Waals surface area contributed by atoms with E-state index in [1.165, 1.54) is 0 Å². The quantitative estimate of drug-likeness (QED) is 0.418. The molecule has 0 spiro atoms. The third-order valence-corrected chi connectivity index (χ3v) is 0.961. The van der Waals surface area contributed by atoms with Crippen LogP contribution in [0.15, 0.2) is 24.4 Å². The van der Waals surface area contributed by atoms with Gasteiger partial charge in [0, 0.05) is 6.20 Å². The highest BCUT2D eigenvalue weighted by molar-refractivity contribution is 7.85. The summed E-state index contributed by atoms with van der Waals surface area (Å²) < 4.78 is 0. The number of hydrogen-bond donors (Lipinski definition) is 1. The molecule has 0 N–H and O–H groups in total. The van der Waals surface area contributed by atoms with E-state index in [1.807, 2.05) is 18.2 Å². The molecule has 0 aliphatic carbocycles. The van der Waals surface area contributed by atoms with E-state index in [0.717, 1.165) is 5.69 Å². The maximum absolute atomic E-state index is 3.95. The van der Waals surface area contributed by atoms with Gasteiger partial charge in [-0.15, -0.1) is 0 Å². The van der Waals surface area contributed by atoms with Gasteiger partial charge in [-0.05, 0) is 23.3 Å². The molecule has 0 fully saturated rings. The molecule has 0 aliphatic rings. The largest absolute Gasteiger partial charge is 0.248 e. The number of pyridine rings is 1. The molecule has 0 aliphatic heterocycles. The van der Waals surface area contributed by atoms with Gasteiger partial charge in [0.2, 0.25) is 0 Å². The Morgan fingerprint density at radius 1 is 1.44 bits per heavy atom. The molecular weight excluding hydrogens is 130 g/mol. The van der Waals surface area contributed by atoms with Crippen LogP contribution in [0.3, 0.4) is 0 Å². The van der Waals surface area contributed by atoms with Crippen LogP contribution in [0.25, 0.3) is 0 Å². The van der Waals surface area contributed by atoms with Gasteiger partial charge < -0.3 is 0 Å².